The summed E-state index contributed by atoms with van der Waals surface area (Å²) >= 11 is 5.93. The first-order chi connectivity index (χ1) is 14.3. The number of anilines is 3. The van der Waals surface area contributed by atoms with E-state index in [2.05, 4.69) is 20.6 Å². The number of aromatic nitrogens is 2. The molecule has 1 aromatic carbocycles. The third-order valence-electron chi connectivity index (χ3n) is 5.44. The average molecular weight is 431 g/mol. The molecule has 1 fully saturated rings. The summed E-state index contributed by atoms with van der Waals surface area (Å²) in [6, 6.07) is 8.04. The fourth-order valence-corrected chi connectivity index (χ4v) is 3.92. The Morgan fingerprint density at radius 1 is 1.10 bits per heavy atom. The zero-order chi connectivity index (χ0) is 21.7. The maximum absolute atomic E-state index is 12.4. The summed E-state index contributed by atoms with van der Waals surface area (Å²) in [6.07, 6.45) is 5.70. The second-order valence-electron chi connectivity index (χ2n) is 8.19. The largest absolute Gasteiger partial charge is 0.365 e. The van der Waals surface area contributed by atoms with Crippen molar-refractivity contribution in [2.75, 3.05) is 42.8 Å². The first kappa shape index (κ1) is 22.2. The van der Waals surface area contributed by atoms with Crippen molar-refractivity contribution in [3.8, 4) is 0 Å². The van der Waals surface area contributed by atoms with Crippen LogP contribution in [0, 0.1) is 6.92 Å². The van der Waals surface area contributed by atoms with E-state index in [4.69, 9.17) is 11.6 Å². The van der Waals surface area contributed by atoms with Gasteiger partial charge >= 0.3 is 0 Å². The minimum absolute atomic E-state index is 0.0429. The van der Waals surface area contributed by atoms with Crippen LogP contribution in [-0.2, 0) is 4.79 Å². The molecule has 2 N–H and O–H groups in total. The van der Waals surface area contributed by atoms with Crippen molar-refractivity contribution in [1.82, 2.24) is 15.3 Å². The molecule has 1 amide bonds. The molecule has 0 atom stereocenters. The van der Waals surface area contributed by atoms with Crippen LogP contribution >= 0.6 is 11.6 Å². The number of nitrogens with zero attached hydrogens (tertiary/aromatic N) is 4. The summed E-state index contributed by atoms with van der Waals surface area (Å²) in [5, 5.41) is 7.32. The number of nitrogens with one attached hydrogen (secondary N) is 2. The molecule has 162 valence electrons. The van der Waals surface area contributed by atoms with Gasteiger partial charge in [0.1, 0.15) is 5.82 Å². The maximum atomic E-state index is 12.4. The Bertz CT molecular complexity index is 849. The highest BCUT2D eigenvalue weighted by molar-refractivity contribution is 6.30. The van der Waals surface area contributed by atoms with E-state index in [1.54, 1.807) is 0 Å². The van der Waals surface area contributed by atoms with E-state index in [0.717, 1.165) is 42.8 Å². The lowest BCUT2D eigenvalue weighted by Gasteiger charge is -2.30. The van der Waals surface area contributed by atoms with Crippen LogP contribution in [0.4, 0.5) is 17.5 Å². The number of aryl methyl sites for hydroxylation is 1. The third-order valence-corrected chi connectivity index (χ3v) is 5.69. The van der Waals surface area contributed by atoms with E-state index in [1.807, 2.05) is 68.3 Å². The lowest BCUT2D eigenvalue weighted by Crippen LogP contribution is -2.44. The summed E-state index contributed by atoms with van der Waals surface area (Å²) in [4.78, 5) is 25.4. The van der Waals surface area contributed by atoms with Crippen molar-refractivity contribution in [2.24, 2.45) is 0 Å². The Labute approximate surface area is 183 Å². The molecule has 30 heavy (non-hydrogen) atoms. The number of hydrogen-bond acceptors (Lipinski definition) is 6. The summed E-state index contributed by atoms with van der Waals surface area (Å²) in [7, 11) is 5.88. The molecule has 3 rings (SSSR count). The van der Waals surface area contributed by atoms with Gasteiger partial charge in [-0.2, -0.15) is 4.98 Å². The molecule has 7 nitrogen and oxygen atoms in total. The molecular weight excluding hydrogens is 400 g/mol. The Hall–Kier alpha value is -2.54. The number of benzene rings is 1. The number of halogens is 1. The van der Waals surface area contributed by atoms with Crippen molar-refractivity contribution in [2.45, 2.75) is 44.7 Å². The van der Waals surface area contributed by atoms with Crippen LogP contribution in [0.2, 0.25) is 5.02 Å². The van der Waals surface area contributed by atoms with Gasteiger partial charge in [-0.25, -0.2) is 4.98 Å². The van der Waals surface area contributed by atoms with Crippen molar-refractivity contribution >= 4 is 35.0 Å². The number of amides is 1. The Balaban J connectivity index is 1.44. The van der Waals surface area contributed by atoms with Crippen molar-refractivity contribution in [1.29, 1.82) is 0 Å². The zero-order valence-electron chi connectivity index (χ0n) is 18.2. The summed E-state index contributed by atoms with van der Waals surface area (Å²) in [5.74, 6) is 1.64. The highest BCUT2D eigenvalue weighted by atomic mass is 35.5. The molecule has 1 aromatic heterocycles. The molecule has 2 aromatic rings. The second kappa shape index (κ2) is 9.98. The van der Waals surface area contributed by atoms with Gasteiger partial charge in [-0.3, -0.25) is 4.79 Å². The van der Waals surface area contributed by atoms with Gasteiger partial charge in [0.2, 0.25) is 11.9 Å². The number of hydrogen-bond donors (Lipinski definition) is 2. The van der Waals surface area contributed by atoms with Crippen LogP contribution in [0.5, 0.6) is 0 Å². The van der Waals surface area contributed by atoms with Gasteiger partial charge in [0.15, 0.2) is 0 Å². The van der Waals surface area contributed by atoms with Gasteiger partial charge in [0.05, 0.1) is 6.54 Å². The quantitative estimate of drug-likeness (QED) is 0.700. The van der Waals surface area contributed by atoms with Crippen LogP contribution in [0.15, 0.2) is 30.5 Å². The van der Waals surface area contributed by atoms with Crippen LogP contribution < -0.4 is 20.4 Å². The molecule has 1 aliphatic carbocycles. The molecule has 0 unspecified atom stereocenters. The summed E-state index contributed by atoms with van der Waals surface area (Å²) in [5.41, 5.74) is 2.03. The first-order valence-corrected chi connectivity index (χ1v) is 10.7. The highest BCUT2D eigenvalue weighted by Gasteiger charge is 2.23. The van der Waals surface area contributed by atoms with Crippen LogP contribution in [-0.4, -0.2) is 55.6 Å². The predicted molar refractivity (Wildman–Crippen MR) is 124 cm³/mol. The van der Waals surface area contributed by atoms with Crippen LogP contribution in [0.3, 0.4) is 0 Å². The standard InChI is InChI=1S/C22H31ClN6O/c1-15-13-24-22(27-21(15)28(2)3)26-18-9-7-17(8-10-18)25-20(30)14-29(4)19-11-5-16(23)6-12-19/h5-6,11-13,17-18H,7-10,14H2,1-4H3,(H,25,30)(H,24,26,27)/t17-,18+. The van der Waals surface area contributed by atoms with E-state index in [-0.39, 0.29) is 11.9 Å². The Morgan fingerprint density at radius 3 is 2.37 bits per heavy atom. The number of rotatable bonds is 7. The zero-order valence-corrected chi connectivity index (χ0v) is 18.9. The van der Waals surface area contributed by atoms with E-state index in [9.17, 15) is 4.79 Å². The van der Waals surface area contributed by atoms with E-state index in [1.165, 1.54) is 0 Å². The van der Waals surface area contributed by atoms with Gasteiger partial charge in [0, 0.05) is 55.7 Å². The first-order valence-electron chi connectivity index (χ1n) is 10.4. The topological polar surface area (TPSA) is 73.4 Å². The number of carbonyl (C=O) groups excluding carboxylic acids is 1. The Kier molecular flexibility index (Phi) is 7.37. The van der Waals surface area contributed by atoms with Gasteiger partial charge < -0.3 is 20.4 Å². The SMILES string of the molecule is Cc1cnc(N[C@H]2CC[C@@H](NC(=O)CN(C)c3ccc(Cl)cc3)CC2)nc1N(C)C. The second-order valence-corrected chi connectivity index (χ2v) is 8.62. The van der Waals surface area contributed by atoms with Crippen LogP contribution in [0.25, 0.3) is 0 Å². The van der Waals surface area contributed by atoms with Crippen molar-refractivity contribution in [3.63, 3.8) is 0 Å². The van der Waals surface area contributed by atoms with Crippen LogP contribution in [0.1, 0.15) is 31.2 Å². The molecule has 0 radical (unpaired) electrons. The molecule has 0 spiro atoms. The van der Waals surface area contributed by atoms with Crippen molar-refractivity contribution in [3.05, 3.63) is 41.0 Å². The lowest BCUT2D eigenvalue weighted by molar-refractivity contribution is -0.120. The summed E-state index contributed by atoms with van der Waals surface area (Å²) in [6.45, 7) is 2.34. The third kappa shape index (κ3) is 5.98. The minimum Gasteiger partial charge on any atom is -0.365 e. The molecule has 1 heterocycles. The maximum Gasteiger partial charge on any atom is 0.239 e. The molecular formula is C22H31ClN6O. The normalized spacial score (nSPS) is 18.6. The fraction of sp³-hybridized carbons (Fsp3) is 0.500. The van der Waals surface area contributed by atoms with Gasteiger partial charge in [-0.15, -0.1) is 0 Å². The average Bonchev–Trinajstić information content (AvgIpc) is 2.71. The number of likely N-dealkylation sites (N-methyl/N-ethyl adjacent to an activating group) is 1. The molecule has 1 saturated carbocycles. The van der Waals surface area contributed by atoms with E-state index in [0.29, 0.717) is 23.6 Å². The molecule has 0 bridgehead atoms. The molecule has 8 heteroatoms. The van der Waals surface area contributed by atoms with E-state index < -0.39 is 0 Å². The fourth-order valence-electron chi connectivity index (χ4n) is 3.80. The molecule has 1 aliphatic rings. The predicted octanol–water partition coefficient (Wildman–Crippen LogP) is 3.48. The van der Waals surface area contributed by atoms with Crippen molar-refractivity contribution < 1.29 is 4.79 Å². The lowest BCUT2D eigenvalue weighted by atomic mass is 9.91. The highest BCUT2D eigenvalue weighted by Crippen LogP contribution is 2.23. The Morgan fingerprint density at radius 2 is 1.73 bits per heavy atom. The van der Waals surface area contributed by atoms with E-state index >= 15 is 0 Å². The molecule has 0 aliphatic heterocycles. The van der Waals surface area contributed by atoms with Gasteiger partial charge in [-0.05, 0) is 56.9 Å². The minimum atomic E-state index is 0.0429. The summed E-state index contributed by atoms with van der Waals surface area (Å²) < 4.78 is 0. The van der Waals surface area contributed by atoms with Gasteiger partial charge in [0.25, 0.3) is 0 Å². The molecule has 0 saturated heterocycles. The monoisotopic (exact) mass is 430 g/mol. The van der Waals surface area contributed by atoms with Gasteiger partial charge in [-0.1, -0.05) is 11.6 Å². The smallest absolute Gasteiger partial charge is 0.239 e. The number of carbonyl (C=O) groups is 1.